The number of rotatable bonds is 3. The van der Waals surface area contributed by atoms with Gasteiger partial charge in [-0.25, -0.2) is 4.79 Å². The van der Waals surface area contributed by atoms with E-state index in [4.69, 9.17) is 4.74 Å². The highest BCUT2D eigenvalue weighted by atomic mass is 16.5. The van der Waals surface area contributed by atoms with Crippen LogP contribution in [0.3, 0.4) is 0 Å². The lowest BCUT2D eigenvalue weighted by Crippen LogP contribution is -2.42. The molecule has 0 bridgehead atoms. The average molecular weight is 257 g/mol. The van der Waals surface area contributed by atoms with Gasteiger partial charge in [0.2, 0.25) is 5.91 Å². The molecule has 102 valence electrons. The fourth-order valence-corrected chi connectivity index (χ4v) is 2.57. The Morgan fingerprint density at radius 3 is 2.89 bits per heavy atom. The first-order valence-electron chi connectivity index (χ1n) is 6.28. The van der Waals surface area contributed by atoms with Gasteiger partial charge in [0.05, 0.1) is 25.7 Å². The maximum absolute atomic E-state index is 12.1. The van der Waals surface area contributed by atoms with Gasteiger partial charge in [0, 0.05) is 19.6 Å². The summed E-state index contributed by atoms with van der Waals surface area (Å²) >= 11 is 0. The molecular formula is C12H19NO5. The maximum Gasteiger partial charge on any atom is 0.328 e. The molecule has 18 heavy (non-hydrogen) atoms. The van der Waals surface area contributed by atoms with Crippen LogP contribution in [0.4, 0.5) is 0 Å². The van der Waals surface area contributed by atoms with E-state index in [0.29, 0.717) is 6.61 Å². The van der Waals surface area contributed by atoms with Crippen molar-refractivity contribution in [3.05, 3.63) is 0 Å². The smallest absolute Gasteiger partial charge is 0.328 e. The van der Waals surface area contributed by atoms with Crippen LogP contribution in [0.2, 0.25) is 0 Å². The van der Waals surface area contributed by atoms with Crippen molar-refractivity contribution in [3.8, 4) is 0 Å². The van der Waals surface area contributed by atoms with Crippen LogP contribution >= 0.6 is 0 Å². The monoisotopic (exact) mass is 257 g/mol. The Morgan fingerprint density at radius 2 is 2.28 bits per heavy atom. The topological polar surface area (TPSA) is 76.1 Å². The summed E-state index contributed by atoms with van der Waals surface area (Å²) in [6.45, 7) is 0.895. The van der Waals surface area contributed by atoms with Crippen LogP contribution in [-0.4, -0.2) is 60.4 Å². The van der Waals surface area contributed by atoms with Crippen LogP contribution < -0.4 is 0 Å². The number of aliphatic hydroxyl groups is 1. The molecule has 2 heterocycles. The number of esters is 1. The fraction of sp³-hybridized carbons (Fsp3) is 0.833. The number of hydrogen-bond acceptors (Lipinski definition) is 5. The van der Waals surface area contributed by atoms with Gasteiger partial charge in [-0.3, -0.25) is 4.79 Å². The molecule has 1 amide bonds. The molecule has 2 fully saturated rings. The Kier molecular flexibility index (Phi) is 4.19. The molecule has 0 aliphatic carbocycles. The van der Waals surface area contributed by atoms with Gasteiger partial charge in [0.15, 0.2) is 0 Å². The summed E-state index contributed by atoms with van der Waals surface area (Å²) in [7, 11) is 1.29. The summed E-state index contributed by atoms with van der Waals surface area (Å²) in [6, 6.07) is -0.654. The second kappa shape index (κ2) is 5.67. The van der Waals surface area contributed by atoms with Crippen LogP contribution in [-0.2, 0) is 19.1 Å². The summed E-state index contributed by atoms with van der Waals surface area (Å²) in [5.41, 5.74) is 0. The average Bonchev–Trinajstić information content (AvgIpc) is 2.97. The number of aliphatic hydroxyl groups excluding tert-OH is 1. The van der Waals surface area contributed by atoms with E-state index in [0.717, 1.165) is 12.8 Å². The quantitative estimate of drug-likeness (QED) is 0.702. The largest absolute Gasteiger partial charge is 0.467 e. The van der Waals surface area contributed by atoms with Gasteiger partial charge in [0.1, 0.15) is 6.04 Å². The van der Waals surface area contributed by atoms with Gasteiger partial charge in [0.25, 0.3) is 0 Å². The van der Waals surface area contributed by atoms with E-state index in [1.54, 1.807) is 0 Å². The van der Waals surface area contributed by atoms with Crippen LogP contribution in [0.15, 0.2) is 0 Å². The molecule has 0 saturated carbocycles. The molecular weight excluding hydrogens is 238 g/mol. The van der Waals surface area contributed by atoms with Crippen LogP contribution in [0.25, 0.3) is 0 Å². The molecule has 0 aromatic rings. The zero-order chi connectivity index (χ0) is 13.1. The summed E-state index contributed by atoms with van der Waals surface area (Å²) in [4.78, 5) is 25.1. The van der Waals surface area contributed by atoms with Gasteiger partial charge < -0.3 is 19.5 Å². The van der Waals surface area contributed by atoms with Gasteiger partial charge in [-0.1, -0.05) is 0 Å². The van der Waals surface area contributed by atoms with Crippen molar-refractivity contribution in [2.45, 2.75) is 43.9 Å². The highest BCUT2D eigenvalue weighted by molar-refractivity contribution is 5.85. The van der Waals surface area contributed by atoms with Crippen molar-refractivity contribution in [3.63, 3.8) is 0 Å². The Morgan fingerprint density at radius 1 is 1.50 bits per heavy atom. The standard InChI is InChI=1S/C12H19NO5/c1-17-12(16)10-5-8(14)7-13(10)11(15)6-9-3-2-4-18-9/h8-10,14H,2-7H2,1H3. The minimum Gasteiger partial charge on any atom is -0.467 e. The molecule has 3 unspecified atom stereocenters. The third-order valence-electron chi connectivity index (χ3n) is 3.50. The summed E-state index contributed by atoms with van der Waals surface area (Å²) < 4.78 is 10.1. The first-order chi connectivity index (χ1) is 8.61. The van der Waals surface area contributed by atoms with E-state index in [1.165, 1.54) is 12.0 Å². The zero-order valence-electron chi connectivity index (χ0n) is 10.5. The Balaban J connectivity index is 1.96. The molecule has 0 aromatic heterocycles. The van der Waals surface area contributed by atoms with Gasteiger partial charge in [-0.15, -0.1) is 0 Å². The van der Waals surface area contributed by atoms with Crippen LogP contribution in [0, 0.1) is 0 Å². The van der Waals surface area contributed by atoms with E-state index in [9.17, 15) is 14.7 Å². The Labute approximate surface area is 106 Å². The Hall–Kier alpha value is -1.14. The number of carbonyl (C=O) groups excluding carboxylic acids is 2. The van der Waals surface area contributed by atoms with Crippen molar-refractivity contribution < 1.29 is 24.2 Å². The fourth-order valence-electron chi connectivity index (χ4n) is 2.57. The van der Waals surface area contributed by atoms with E-state index < -0.39 is 18.1 Å². The predicted octanol–water partition coefficient (Wildman–Crippen LogP) is -0.310. The number of ether oxygens (including phenoxy) is 2. The number of carbonyl (C=O) groups is 2. The molecule has 6 nitrogen and oxygen atoms in total. The van der Waals surface area contributed by atoms with Crippen LogP contribution in [0.1, 0.15) is 25.7 Å². The molecule has 2 aliphatic rings. The third kappa shape index (κ3) is 2.81. The number of nitrogens with zero attached hydrogens (tertiary/aromatic N) is 1. The summed E-state index contributed by atoms with van der Waals surface area (Å²) in [5.74, 6) is -0.610. The van der Waals surface area contributed by atoms with Gasteiger partial charge >= 0.3 is 5.97 Å². The van der Waals surface area contributed by atoms with Gasteiger partial charge in [-0.05, 0) is 12.8 Å². The molecule has 2 rings (SSSR count). The van der Waals surface area contributed by atoms with E-state index >= 15 is 0 Å². The van der Waals surface area contributed by atoms with Gasteiger partial charge in [-0.2, -0.15) is 0 Å². The Bertz CT molecular complexity index is 326. The van der Waals surface area contributed by atoms with Crippen molar-refractivity contribution in [1.29, 1.82) is 0 Å². The molecule has 1 N–H and O–H groups in total. The number of amides is 1. The minimum absolute atomic E-state index is 0.0476. The molecule has 3 atom stereocenters. The lowest BCUT2D eigenvalue weighted by atomic mass is 10.1. The van der Waals surface area contributed by atoms with Crippen molar-refractivity contribution in [2.75, 3.05) is 20.3 Å². The van der Waals surface area contributed by atoms with Crippen molar-refractivity contribution >= 4 is 11.9 Å². The molecule has 2 saturated heterocycles. The van der Waals surface area contributed by atoms with E-state index in [2.05, 4.69) is 4.74 Å². The second-order valence-electron chi connectivity index (χ2n) is 4.81. The number of β-amino-alcohol motifs (C(OH)–C–C–N with tert-alkyl or cyclic N) is 1. The second-order valence-corrected chi connectivity index (χ2v) is 4.81. The zero-order valence-corrected chi connectivity index (χ0v) is 10.5. The normalized spacial score (nSPS) is 31.7. The lowest BCUT2D eigenvalue weighted by Gasteiger charge is -2.23. The highest BCUT2D eigenvalue weighted by Gasteiger charge is 2.40. The summed E-state index contributed by atoms with van der Waals surface area (Å²) in [6.07, 6.45) is 1.69. The van der Waals surface area contributed by atoms with Crippen molar-refractivity contribution in [1.82, 2.24) is 4.90 Å². The molecule has 0 aromatic carbocycles. The number of likely N-dealkylation sites (tertiary alicyclic amines) is 1. The molecule has 6 heteroatoms. The maximum atomic E-state index is 12.1. The number of methoxy groups -OCH3 is 1. The lowest BCUT2D eigenvalue weighted by molar-refractivity contribution is -0.151. The SMILES string of the molecule is COC(=O)C1CC(O)CN1C(=O)CC1CCCO1. The first kappa shape index (κ1) is 13.3. The van der Waals surface area contributed by atoms with Crippen LogP contribution in [0.5, 0.6) is 0 Å². The van der Waals surface area contributed by atoms with E-state index in [1.807, 2.05) is 0 Å². The summed E-state index contributed by atoms with van der Waals surface area (Å²) in [5, 5.41) is 9.59. The molecule has 0 radical (unpaired) electrons. The number of hydrogen-bond donors (Lipinski definition) is 1. The first-order valence-corrected chi connectivity index (χ1v) is 6.28. The minimum atomic E-state index is -0.654. The van der Waals surface area contributed by atoms with E-state index in [-0.39, 0.29) is 31.4 Å². The predicted molar refractivity (Wildman–Crippen MR) is 61.7 cm³/mol. The highest BCUT2D eigenvalue weighted by Crippen LogP contribution is 2.23. The third-order valence-corrected chi connectivity index (χ3v) is 3.50. The molecule has 0 spiro atoms. The molecule has 2 aliphatic heterocycles. The van der Waals surface area contributed by atoms with Crippen molar-refractivity contribution in [2.24, 2.45) is 0 Å².